The smallest absolute Gasteiger partial charge is 0.276 e. The lowest BCUT2D eigenvalue weighted by atomic mass is 10.0. The summed E-state index contributed by atoms with van der Waals surface area (Å²) in [6, 6.07) is 11.3. The Hall–Kier alpha value is -4.31. The number of fused-ring (bicyclic) bond motifs is 1. The van der Waals surface area contributed by atoms with Crippen molar-refractivity contribution in [3.8, 4) is 11.1 Å². The SMILES string of the molecule is O=C(Nc1ccc(C(=O)N2CCCC2)nc1)c1n[nH]c2ccc(-c3cncc(N4CCOCC4)c3)cc12. The molecule has 3 aromatic heterocycles. The number of aromatic amines is 1. The number of carbonyl (C=O) groups is 2. The summed E-state index contributed by atoms with van der Waals surface area (Å²) in [7, 11) is 0. The van der Waals surface area contributed by atoms with Gasteiger partial charge in [-0.15, -0.1) is 0 Å². The topological polar surface area (TPSA) is 116 Å². The fraction of sp³-hybridized carbons (Fsp3) is 0.296. The molecule has 2 fully saturated rings. The Morgan fingerprint density at radius 2 is 1.76 bits per heavy atom. The fourth-order valence-electron chi connectivity index (χ4n) is 4.81. The van der Waals surface area contributed by atoms with Gasteiger partial charge in [-0.2, -0.15) is 5.10 Å². The molecule has 188 valence electrons. The van der Waals surface area contributed by atoms with Gasteiger partial charge >= 0.3 is 0 Å². The highest BCUT2D eigenvalue weighted by Crippen LogP contribution is 2.28. The van der Waals surface area contributed by atoms with E-state index in [-0.39, 0.29) is 17.5 Å². The number of rotatable bonds is 5. The van der Waals surface area contributed by atoms with Gasteiger partial charge < -0.3 is 19.9 Å². The van der Waals surface area contributed by atoms with Crippen molar-refractivity contribution >= 4 is 34.1 Å². The first-order valence-electron chi connectivity index (χ1n) is 12.5. The number of H-pyrrole nitrogens is 1. The van der Waals surface area contributed by atoms with Crippen LogP contribution in [0.15, 0.2) is 55.0 Å². The number of aromatic nitrogens is 4. The molecule has 0 radical (unpaired) electrons. The van der Waals surface area contributed by atoms with Gasteiger partial charge in [0.05, 0.1) is 42.5 Å². The van der Waals surface area contributed by atoms with E-state index in [1.807, 2.05) is 30.6 Å². The predicted octanol–water partition coefficient (Wildman–Crippen LogP) is 3.34. The van der Waals surface area contributed by atoms with Crippen molar-refractivity contribution in [2.75, 3.05) is 49.6 Å². The van der Waals surface area contributed by atoms with E-state index in [2.05, 4.69) is 36.4 Å². The average molecular weight is 498 g/mol. The van der Waals surface area contributed by atoms with E-state index < -0.39 is 0 Å². The van der Waals surface area contributed by atoms with Crippen LogP contribution < -0.4 is 10.2 Å². The highest BCUT2D eigenvalue weighted by atomic mass is 16.5. The van der Waals surface area contributed by atoms with Gasteiger partial charge in [-0.25, -0.2) is 4.98 Å². The Kier molecular flexibility index (Phi) is 6.23. The van der Waals surface area contributed by atoms with Crippen LogP contribution in [-0.2, 0) is 4.74 Å². The molecular formula is C27H27N7O3. The molecule has 1 aromatic carbocycles. The molecule has 2 saturated heterocycles. The molecule has 5 heterocycles. The van der Waals surface area contributed by atoms with Crippen LogP contribution >= 0.6 is 0 Å². The van der Waals surface area contributed by atoms with Crippen LogP contribution in [0.2, 0.25) is 0 Å². The van der Waals surface area contributed by atoms with E-state index in [0.717, 1.165) is 61.4 Å². The minimum absolute atomic E-state index is 0.0756. The molecule has 0 unspecified atom stereocenters. The van der Waals surface area contributed by atoms with Crippen LogP contribution in [0.4, 0.5) is 11.4 Å². The molecule has 10 nitrogen and oxygen atoms in total. The summed E-state index contributed by atoms with van der Waals surface area (Å²) in [5, 5.41) is 10.7. The van der Waals surface area contributed by atoms with Gasteiger partial charge in [0.2, 0.25) is 0 Å². The number of benzene rings is 1. The van der Waals surface area contributed by atoms with E-state index in [0.29, 0.717) is 30.0 Å². The Morgan fingerprint density at radius 3 is 2.54 bits per heavy atom. The van der Waals surface area contributed by atoms with Crippen molar-refractivity contribution in [1.82, 2.24) is 25.1 Å². The number of ether oxygens (including phenoxy) is 1. The second kappa shape index (κ2) is 9.98. The third-order valence-electron chi connectivity index (χ3n) is 6.85. The lowest BCUT2D eigenvalue weighted by Crippen LogP contribution is -2.36. The number of carbonyl (C=O) groups excluding carboxylic acids is 2. The minimum atomic E-state index is -0.357. The number of nitrogens with one attached hydrogen (secondary N) is 2. The van der Waals surface area contributed by atoms with E-state index in [1.165, 1.54) is 6.20 Å². The number of hydrogen-bond donors (Lipinski definition) is 2. The molecule has 2 N–H and O–H groups in total. The Bertz CT molecular complexity index is 1440. The van der Waals surface area contributed by atoms with Crippen LogP contribution in [0.5, 0.6) is 0 Å². The molecule has 0 spiro atoms. The van der Waals surface area contributed by atoms with Gasteiger partial charge in [0.15, 0.2) is 5.69 Å². The highest BCUT2D eigenvalue weighted by Gasteiger charge is 2.21. The Morgan fingerprint density at radius 1 is 0.919 bits per heavy atom. The molecular weight excluding hydrogens is 470 g/mol. The van der Waals surface area contributed by atoms with Crippen molar-refractivity contribution in [2.45, 2.75) is 12.8 Å². The molecule has 2 aliphatic rings. The second-order valence-electron chi connectivity index (χ2n) is 9.25. The normalized spacial score (nSPS) is 15.8. The van der Waals surface area contributed by atoms with Gasteiger partial charge in [0.25, 0.3) is 11.8 Å². The molecule has 2 aliphatic heterocycles. The van der Waals surface area contributed by atoms with E-state index in [1.54, 1.807) is 17.0 Å². The maximum Gasteiger partial charge on any atom is 0.276 e. The predicted molar refractivity (Wildman–Crippen MR) is 140 cm³/mol. The third kappa shape index (κ3) is 4.75. The van der Waals surface area contributed by atoms with Gasteiger partial charge in [-0.1, -0.05) is 6.07 Å². The third-order valence-corrected chi connectivity index (χ3v) is 6.85. The quantitative estimate of drug-likeness (QED) is 0.434. The summed E-state index contributed by atoms with van der Waals surface area (Å²) in [5.41, 5.74) is 4.87. The summed E-state index contributed by atoms with van der Waals surface area (Å²) in [4.78, 5) is 38.4. The Labute approximate surface area is 213 Å². The molecule has 6 rings (SSSR count). The molecule has 0 aliphatic carbocycles. The van der Waals surface area contributed by atoms with E-state index in [4.69, 9.17) is 4.74 Å². The Balaban J connectivity index is 1.21. The molecule has 0 bridgehead atoms. The average Bonchev–Trinajstić information content (AvgIpc) is 3.64. The molecule has 0 saturated carbocycles. The summed E-state index contributed by atoms with van der Waals surface area (Å²) in [6.45, 7) is 4.60. The molecule has 2 amide bonds. The first-order valence-corrected chi connectivity index (χ1v) is 12.5. The molecule has 37 heavy (non-hydrogen) atoms. The number of morpholine rings is 1. The number of anilines is 2. The molecule has 10 heteroatoms. The van der Waals surface area contributed by atoms with Gasteiger partial charge in [0.1, 0.15) is 5.69 Å². The lowest BCUT2D eigenvalue weighted by molar-refractivity contribution is 0.0787. The minimum Gasteiger partial charge on any atom is -0.378 e. The maximum absolute atomic E-state index is 13.1. The summed E-state index contributed by atoms with van der Waals surface area (Å²) < 4.78 is 5.46. The largest absolute Gasteiger partial charge is 0.378 e. The first-order chi connectivity index (χ1) is 18.2. The van der Waals surface area contributed by atoms with Crippen molar-refractivity contribution in [1.29, 1.82) is 0 Å². The number of amides is 2. The highest BCUT2D eigenvalue weighted by molar-refractivity contribution is 6.11. The summed E-state index contributed by atoms with van der Waals surface area (Å²) in [5.74, 6) is -0.433. The maximum atomic E-state index is 13.1. The standard InChI is InChI=1S/C27H27N7O3/c35-26(30-20-4-6-24(29-16-20)27(36)34-7-1-2-8-34)25-22-14-18(3-5-23(22)31-32-25)19-13-21(17-28-15-19)33-9-11-37-12-10-33/h3-6,13-17H,1-2,7-12H2,(H,30,35)(H,31,32). The molecule has 0 atom stereocenters. The van der Waals surface area contributed by atoms with Gasteiger partial charge in [-0.3, -0.25) is 19.7 Å². The zero-order valence-electron chi connectivity index (χ0n) is 20.3. The van der Waals surface area contributed by atoms with Crippen LogP contribution in [0, 0.1) is 0 Å². The van der Waals surface area contributed by atoms with Crippen LogP contribution in [0.3, 0.4) is 0 Å². The van der Waals surface area contributed by atoms with Gasteiger partial charge in [0, 0.05) is 43.3 Å². The number of likely N-dealkylation sites (tertiary alicyclic amines) is 1. The summed E-state index contributed by atoms with van der Waals surface area (Å²) in [6.07, 6.45) is 7.23. The number of pyridine rings is 2. The van der Waals surface area contributed by atoms with Crippen LogP contribution in [0.1, 0.15) is 33.8 Å². The number of hydrogen-bond acceptors (Lipinski definition) is 7. The van der Waals surface area contributed by atoms with Gasteiger partial charge in [-0.05, 0) is 48.7 Å². The summed E-state index contributed by atoms with van der Waals surface area (Å²) >= 11 is 0. The zero-order chi connectivity index (χ0) is 25.2. The zero-order valence-corrected chi connectivity index (χ0v) is 20.3. The fourth-order valence-corrected chi connectivity index (χ4v) is 4.81. The van der Waals surface area contributed by atoms with Crippen molar-refractivity contribution in [3.63, 3.8) is 0 Å². The monoisotopic (exact) mass is 497 g/mol. The van der Waals surface area contributed by atoms with Crippen LogP contribution in [0.25, 0.3) is 22.0 Å². The first kappa shape index (κ1) is 23.1. The number of nitrogens with zero attached hydrogens (tertiary/aromatic N) is 5. The van der Waals surface area contributed by atoms with Crippen molar-refractivity contribution in [2.24, 2.45) is 0 Å². The van der Waals surface area contributed by atoms with Crippen LogP contribution in [-0.4, -0.2) is 76.3 Å². The van der Waals surface area contributed by atoms with Crippen molar-refractivity contribution < 1.29 is 14.3 Å². The van der Waals surface area contributed by atoms with E-state index >= 15 is 0 Å². The second-order valence-corrected chi connectivity index (χ2v) is 9.25. The van der Waals surface area contributed by atoms with Crippen molar-refractivity contribution in [3.05, 3.63) is 66.4 Å². The molecule has 4 aromatic rings. The lowest BCUT2D eigenvalue weighted by Gasteiger charge is -2.28. The van der Waals surface area contributed by atoms with E-state index in [9.17, 15) is 9.59 Å².